The van der Waals surface area contributed by atoms with Crippen molar-refractivity contribution in [2.45, 2.75) is 13.8 Å². The second kappa shape index (κ2) is 9.09. The maximum atomic E-state index is 12.5. The van der Waals surface area contributed by atoms with Crippen LogP contribution in [0.5, 0.6) is 5.75 Å². The summed E-state index contributed by atoms with van der Waals surface area (Å²) in [5.74, 6) is 0.106. The third-order valence-electron chi connectivity index (χ3n) is 4.46. The fourth-order valence-electron chi connectivity index (χ4n) is 3.04. The molecule has 1 heterocycles. The summed E-state index contributed by atoms with van der Waals surface area (Å²) in [5, 5.41) is 8.25. The number of carbonyl (C=O) groups excluding carboxylic acids is 3. The Labute approximate surface area is 169 Å². The van der Waals surface area contributed by atoms with Crippen molar-refractivity contribution in [1.29, 1.82) is 0 Å². The average molecular weight is 396 g/mol. The predicted octanol–water partition coefficient (Wildman–Crippen LogP) is 2.29. The number of rotatable bonds is 7. The molecule has 1 aliphatic rings. The number of anilines is 2. The standard InChI is InChI=1S/C21H24N4O4/c1-3-22-19(26)13-29-17-7-5-16(6-8-17)24-20(27)15-4-9-18(14(2)12-15)25-11-10-23-21(25)28/h4-9,12H,3,10-11,13H2,1-2H3,(H,22,26)(H,23,28)(H,24,27). The van der Waals surface area contributed by atoms with E-state index in [-0.39, 0.29) is 24.5 Å². The highest BCUT2D eigenvalue weighted by atomic mass is 16.5. The SMILES string of the molecule is CCNC(=O)COc1ccc(NC(=O)c2ccc(N3CCNC3=O)c(C)c2)cc1. The Morgan fingerprint density at radius 2 is 1.93 bits per heavy atom. The number of carbonyl (C=O) groups is 3. The summed E-state index contributed by atoms with van der Waals surface area (Å²) in [7, 11) is 0. The highest BCUT2D eigenvalue weighted by Crippen LogP contribution is 2.23. The summed E-state index contributed by atoms with van der Waals surface area (Å²) >= 11 is 0. The molecule has 4 amide bonds. The normalized spacial score (nSPS) is 13.0. The van der Waals surface area contributed by atoms with E-state index in [9.17, 15) is 14.4 Å². The first-order chi connectivity index (χ1) is 14.0. The maximum absolute atomic E-state index is 12.5. The molecule has 2 aromatic carbocycles. The number of likely N-dealkylation sites (N-methyl/N-ethyl adjacent to an activating group) is 1. The quantitative estimate of drug-likeness (QED) is 0.669. The largest absolute Gasteiger partial charge is 0.484 e. The fraction of sp³-hybridized carbons (Fsp3) is 0.286. The van der Waals surface area contributed by atoms with E-state index in [2.05, 4.69) is 16.0 Å². The summed E-state index contributed by atoms with van der Waals surface area (Å²) in [6, 6.07) is 11.9. The van der Waals surface area contributed by atoms with Crippen LogP contribution in [0.25, 0.3) is 0 Å². The van der Waals surface area contributed by atoms with E-state index in [0.717, 1.165) is 11.3 Å². The van der Waals surface area contributed by atoms with Gasteiger partial charge in [-0.3, -0.25) is 14.5 Å². The lowest BCUT2D eigenvalue weighted by molar-refractivity contribution is -0.122. The number of urea groups is 1. The second-order valence-corrected chi connectivity index (χ2v) is 6.61. The fourth-order valence-corrected chi connectivity index (χ4v) is 3.04. The van der Waals surface area contributed by atoms with Gasteiger partial charge in [0.05, 0.1) is 0 Å². The molecule has 3 rings (SSSR count). The molecule has 8 heteroatoms. The zero-order chi connectivity index (χ0) is 20.8. The Morgan fingerprint density at radius 3 is 2.55 bits per heavy atom. The highest BCUT2D eigenvalue weighted by Gasteiger charge is 2.23. The summed E-state index contributed by atoms with van der Waals surface area (Å²) in [5.41, 5.74) is 2.76. The molecular formula is C21H24N4O4. The van der Waals surface area contributed by atoms with Crippen molar-refractivity contribution in [3.8, 4) is 5.75 Å². The Balaban J connectivity index is 1.60. The number of ether oxygens (including phenoxy) is 1. The summed E-state index contributed by atoms with van der Waals surface area (Å²) in [4.78, 5) is 37.5. The van der Waals surface area contributed by atoms with E-state index in [1.54, 1.807) is 47.4 Å². The Bertz CT molecular complexity index is 911. The number of hydrogen-bond donors (Lipinski definition) is 3. The molecule has 0 bridgehead atoms. The van der Waals surface area contributed by atoms with Crippen LogP contribution in [0.2, 0.25) is 0 Å². The second-order valence-electron chi connectivity index (χ2n) is 6.61. The van der Waals surface area contributed by atoms with Crippen LogP contribution in [0.4, 0.5) is 16.2 Å². The van der Waals surface area contributed by atoms with Gasteiger partial charge in [0.1, 0.15) is 5.75 Å². The number of hydrogen-bond acceptors (Lipinski definition) is 4. The smallest absolute Gasteiger partial charge is 0.322 e. The minimum absolute atomic E-state index is 0.0553. The Hall–Kier alpha value is -3.55. The van der Waals surface area contributed by atoms with Crippen LogP contribution < -0.4 is 25.6 Å². The molecule has 0 aliphatic carbocycles. The Kier molecular flexibility index (Phi) is 6.33. The van der Waals surface area contributed by atoms with Crippen molar-refractivity contribution in [3.63, 3.8) is 0 Å². The van der Waals surface area contributed by atoms with Crippen molar-refractivity contribution >= 4 is 29.2 Å². The molecule has 2 aromatic rings. The molecule has 152 valence electrons. The molecule has 0 aromatic heterocycles. The zero-order valence-electron chi connectivity index (χ0n) is 16.5. The van der Waals surface area contributed by atoms with Gasteiger partial charge in [-0.25, -0.2) is 4.79 Å². The number of nitrogens with one attached hydrogen (secondary N) is 3. The number of benzene rings is 2. The molecule has 0 atom stereocenters. The first-order valence-corrected chi connectivity index (χ1v) is 9.45. The summed E-state index contributed by atoms with van der Waals surface area (Å²) in [6.07, 6.45) is 0. The number of aryl methyl sites for hydroxylation is 1. The summed E-state index contributed by atoms with van der Waals surface area (Å²) < 4.78 is 5.39. The van der Waals surface area contributed by atoms with Gasteiger partial charge in [-0.05, 0) is 61.9 Å². The van der Waals surface area contributed by atoms with Crippen molar-refractivity contribution in [3.05, 3.63) is 53.6 Å². The molecule has 0 saturated carbocycles. The Morgan fingerprint density at radius 1 is 1.17 bits per heavy atom. The highest BCUT2D eigenvalue weighted by molar-refractivity contribution is 6.05. The van der Waals surface area contributed by atoms with Crippen molar-refractivity contribution in [2.75, 3.05) is 36.5 Å². The van der Waals surface area contributed by atoms with E-state index in [0.29, 0.717) is 36.6 Å². The van der Waals surface area contributed by atoms with Crippen LogP contribution in [0.15, 0.2) is 42.5 Å². The first-order valence-electron chi connectivity index (χ1n) is 9.45. The van der Waals surface area contributed by atoms with Crippen molar-refractivity contribution < 1.29 is 19.1 Å². The lowest BCUT2D eigenvalue weighted by atomic mass is 10.1. The molecular weight excluding hydrogens is 372 g/mol. The van der Waals surface area contributed by atoms with Crippen molar-refractivity contribution in [1.82, 2.24) is 10.6 Å². The van der Waals surface area contributed by atoms with Gasteiger partial charge >= 0.3 is 6.03 Å². The molecule has 0 spiro atoms. The van der Waals surface area contributed by atoms with Crippen LogP contribution in [-0.2, 0) is 4.79 Å². The molecule has 3 N–H and O–H groups in total. The first kappa shape index (κ1) is 20.2. The average Bonchev–Trinajstić information content (AvgIpc) is 3.13. The number of amides is 4. The third kappa shape index (κ3) is 5.04. The van der Waals surface area contributed by atoms with E-state index in [1.807, 2.05) is 13.8 Å². The predicted molar refractivity (Wildman–Crippen MR) is 110 cm³/mol. The van der Waals surface area contributed by atoms with Crippen LogP contribution in [0.3, 0.4) is 0 Å². The van der Waals surface area contributed by atoms with Gasteiger partial charge in [0.2, 0.25) is 0 Å². The van der Waals surface area contributed by atoms with Gasteiger partial charge in [-0.15, -0.1) is 0 Å². The number of nitrogens with zero attached hydrogens (tertiary/aromatic N) is 1. The topological polar surface area (TPSA) is 99.8 Å². The molecule has 1 fully saturated rings. The molecule has 8 nitrogen and oxygen atoms in total. The lowest BCUT2D eigenvalue weighted by Crippen LogP contribution is -2.28. The van der Waals surface area contributed by atoms with Crippen LogP contribution in [0, 0.1) is 6.92 Å². The van der Waals surface area contributed by atoms with E-state index in [1.165, 1.54) is 0 Å². The van der Waals surface area contributed by atoms with Gasteiger partial charge in [0.25, 0.3) is 11.8 Å². The van der Waals surface area contributed by atoms with Gasteiger partial charge in [-0.1, -0.05) is 0 Å². The zero-order valence-corrected chi connectivity index (χ0v) is 16.5. The molecule has 0 unspecified atom stereocenters. The van der Waals surface area contributed by atoms with Gasteiger partial charge in [0, 0.05) is 36.6 Å². The van der Waals surface area contributed by atoms with E-state index in [4.69, 9.17) is 4.74 Å². The minimum Gasteiger partial charge on any atom is -0.484 e. The maximum Gasteiger partial charge on any atom is 0.322 e. The minimum atomic E-state index is -0.249. The van der Waals surface area contributed by atoms with Crippen LogP contribution >= 0.6 is 0 Å². The van der Waals surface area contributed by atoms with Gasteiger partial charge in [0.15, 0.2) is 6.61 Å². The third-order valence-corrected chi connectivity index (χ3v) is 4.46. The molecule has 1 aliphatic heterocycles. The van der Waals surface area contributed by atoms with Crippen LogP contribution in [0.1, 0.15) is 22.8 Å². The molecule has 0 radical (unpaired) electrons. The molecule has 29 heavy (non-hydrogen) atoms. The monoisotopic (exact) mass is 396 g/mol. The summed E-state index contributed by atoms with van der Waals surface area (Å²) in [6.45, 7) is 5.44. The lowest BCUT2D eigenvalue weighted by Gasteiger charge is -2.17. The van der Waals surface area contributed by atoms with Gasteiger partial charge < -0.3 is 20.7 Å². The van der Waals surface area contributed by atoms with Crippen LogP contribution in [-0.4, -0.2) is 44.1 Å². The molecule has 1 saturated heterocycles. The van der Waals surface area contributed by atoms with E-state index < -0.39 is 0 Å². The van der Waals surface area contributed by atoms with Gasteiger partial charge in [-0.2, -0.15) is 0 Å². The van der Waals surface area contributed by atoms with Crippen molar-refractivity contribution in [2.24, 2.45) is 0 Å². The van der Waals surface area contributed by atoms with E-state index >= 15 is 0 Å².